The molecule has 0 radical (unpaired) electrons. The zero-order valence-corrected chi connectivity index (χ0v) is 9.67. The molecule has 2 unspecified atom stereocenters. The lowest BCUT2D eigenvalue weighted by molar-refractivity contribution is 0.151. The molecule has 0 amide bonds. The summed E-state index contributed by atoms with van der Waals surface area (Å²) in [7, 11) is 0. The number of hydrazine groups is 1. The van der Waals surface area contributed by atoms with Gasteiger partial charge in [-0.25, -0.2) is 5.01 Å². The van der Waals surface area contributed by atoms with E-state index in [1.54, 1.807) is 0 Å². The predicted molar refractivity (Wildman–Crippen MR) is 57.4 cm³/mol. The van der Waals surface area contributed by atoms with Crippen molar-refractivity contribution < 1.29 is 0 Å². The SMILES string of the molecule is CCN1NC(C(C)C)CC1C(C)C. The van der Waals surface area contributed by atoms with Crippen LogP contribution in [-0.4, -0.2) is 23.6 Å². The Morgan fingerprint density at radius 2 is 1.85 bits per heavy atom. The van der Waals surface area contributed by atoms with Gasteiger partial charge in [-0.3, -0.25) is 5.43 Å². The first-order valence-electron chi connectivity index (χ1n) is 5.59. The van der Waals surface area contributed by atoms with Crippen LogP contribution in [0.5, 0.6) is 0 Å². The molecule has 13 heavy (non-hydrogen) atoms. The van der Waals surface area contributed by atoms with Gasteiger partial charge in [-0.15, -0.1) is 0 Å². The number of rotatable bonds is 3. The molecule has 1 rings (SSSR count). The van der Waals surface area contributed by atoms with Gasteiger partial charge in [0, 0.05) is 18.6 Å². The Bertz CT molecular complexity index is 154. The van der Waals surface area contributed by atoms with Gasteiger partial charge in [0.2, 0.25) is 0 Å². The molecular formula is C11H24N2. The van der Waals surface area contributed by atoms with E-state index < -0.39 is 0 Å². The van der Waals surface area contributed by atoms with Gasteiger partial charge in [-0.2, -0.15) is 0 Å². The van der Waals surface area contributed by atoms with Gasteiger partial charge in [0.1, 0.15) is 0 Å². The van der Waals surface area contributed by atoms with Crippen molar-refractivity contribution in [3.63, 3.8) is 0 Å². The normalized spacial score (nSPS) is 30.7. The molecule has 1 aliphatic heterocycles. The van der Waals surface area contributed by atoms with E-state index in [0.29, 0.717) is 6.04 Å². The first-order chi connectivity index (χ1) is 6.06. The summed E-state index contributed by atoms with van der Waals surface area (Å²) in [6.07, 6.45) is 1.31. The van der Waals surface area contributed by atoms with Gasteiger partial charge in [0.15, 0.2) is 0 Å². The van der Waals surface area contributed by atoms with E-state index in [1.807, 2.05) is 0 Å². The van der Waals surface area contributed by atoms with Crippen molar-refractivity contribution in [1.82, 2.24) is 10.4 Å². The Morgan fingerprint density at radius 1 is 1.23 bits per heavy atom. The maximum atomic E-state index is 3.60. The summed E-state index contributed by atoms with van der Waals surface area (Å²) in [6.45, 7) is 12.6. The van der Waals surface area contributed by atoms with E-state index in [9.17, 15) is 0 Å². The third-order valence-electron chi connectivity index (χ3n) is 3.14. The van der Waals surface area contributed by atoms with Crippen LogP contribution in [0.15, 0.2) is 0 Å². The minimum absolute atomic E-state index is 0.687. The molecule has 2 nitrogen and oxygen atoms in total. The first kappa shape index (κ1) is 11.0. The van der Waals surface area contributed by atoms with E-state index >= 15 is 0 Å². The standard InChI is InChI=1S/C11H24N2/c1-6-13-11(9(4)5)7-10(12-13)8(2)3/h8-12H,6-7H2,1-5H3. The van der Waals surface area contributed by atoms with Crippen LogP contribution in [-0.2, 0) is 0 Å². The van der Waals surface area contributed by atoms with Gasteiger partial charge in [-0.1, -0.05) is 34.6 Å². The van der Waals surface area contributed by atoms with Crippen LogP contribution in [0.2, 0.25) is 0 Å². The smallest absolute Gasteiger partial charge is 0.0281 e. The summed E-state index contributed by atoms with van der Waals surface area (Å²) < 4.78 is 0. The van der Waals surface area contributed by atoms with Crippen LogP contribution in [0.4, 0.5) is 0 Å². The van der Waals surface area contributed by atoms with Crippen molar-refractivity contribution in [1.29, 1.82) is 0 Å². The maximum Gasteiger partial charge on any atom is 0.0281 e. The number of hydrogen-bond acceptors (Lipinski definition) is 2. The molecule has 2 heteroatoms. The number of nitrogens with one attached hydrogen (secondary N) is 1. The molecule has 78 valence electrons. The van der Waals surface area contributed by atoms with Crippen molar-refractivity contribution in [2.24, 2.45) is 11.8 Å². The second kappa shape index (κ2) is 4.43. The van der Waals surface area contributed by atoms with Crippen molar-refractivity contribution in [2.75, 3.05) is 6.54 Å². The molecule has 0 aliphatic carbocycles. The highest BCUT2D eigenvalue weighted by Crippen LogP contribution is 2.24. The zero-order valence-electron chi connectivity index (χ0n) is 9.67. The van der Waals surface area contributed by atoms with Gasteiger partial charge >= 0.3 is 0 Å². The van der Waals surface area contributed by atoms with Crippen molar-refractivity contribution in [3.05, 3.63) is 0 Å². The summed E-state index contributed by atoms with van der Waals surface area (Å²) in [6, 6.07) is 1.42. The van der Waals surface area contributed by atoms with Crippen LogP contribution < -0.4 is 5.43 Å². The van der Waals surface area contributed by atoms with E-state index in [1.165, 1.54) is 6.42 Å². The molecule has 0 aromatic heterocycles. The molecule has 1 N–H and O–H groups in total. The Balaban J connectivity index is 2.56. The van der Waals surface area contributed by atoms with Crippen LogP contribution in [0, 0.1) is 11.8 Å². The minimum atomic E-state index is 0.687. The van der Waals surface area contributed by atoms with Gasteiger partial charge in [0.25, 0.3) is 0 Å². The van der Waals surface area contributed by atoms with E-state index in [-0.39, 0.29) is 0 Å². The molecule has 0 aromatic rings. The summed E-state index contributed by atoms with van der Waals surface area (Å²) >= 11 is 0. The molecule has 1 saturated heterocycles. The third kappa shape index (κ3) is 2.44. The molecule has 0 aromatic carbocycles. The van der Waals surface area contributed by atoms with Crippen LogP contribution >= 0.6 is 0 Å². The lowest BCUT2D eigenvalue weighted by Crippen LogP contribution is -2.42. The molecular weight excluding hydrogens is 160 g/mol. The summed E-state index contributed by atoms with van der Waals surface area (Å²) in [5, 5.41) is 2.41. The quantitative estimate of drug-likeness (QED) is 0.724. The highest BCUT2D eigenvalue weighted by atomic mass is 15.6. The van der Waals surface area contributed by atoms with E-state index in [2.05, 4.69) is 45.1 Å². The van der Waals surface area contributed by atoms with Crippen LogP contribution in [0.3, 0.4) is 0 Å². The fourth-order valence-electron chi connectivity index (χ4n) is 2.13. The van der Waals surface area contributed by atoms with Crippen molar-refractivity contribution in [2.45, 2.75) is 53.1 Å². The first-order valence-corrected chi connectivity index (χ1v) is 5.59. The molecule has 1 heterocycles. The average Bonchev–Trinajstić information content (AvgIpc) is 2.47. The molecule has 1 fully saturated rings. The summed E-state index contributed by atoms with van der Waals surface area (Å²) in [5.74, 6) is 1.51. The number of hydrogen-bond donors (Lipinski definition) is 1. The molecule has 1 aliphatic rings. The van der Waals surface area contributed by atoms with Crippen molar-refractivity contribution in [3.8, 4) is 0 Å². The van der Waals surface area contributed by atoms with E-state index in [4.69, 9.17) is 0 Å². The predicted octanol–water partition coefficient (Wildman–Crippen LogP) is 2.27. The number of nitrogens with zero attached hydrogens (tertiary/aromatic N) is 1. The largest absolute Gasteiger partial charge is 0.252 e. The Labute approximate surface area is 82.7 Å². The fourth-order valence-corrected chi connectivity index (χ4v) is 2.13. The highest BCUT2D eigenvalue weighted by Gasteiger charge is 2.33. The minimum Gasteiger partial charge on any atom is -0.252 e. The highest BCUT2D eigenvalue weighted by molar-refractivity contribution is 4.87. The molecule has 0 saturated carbocycles. The summed E-state index contributed by atoms with van der Waals surface area (Å²) in [5.41, 5.74) is 3.60. The van der Waals surface area contributed by atoms with Crippen molar-refractivity contribution >= 4 is 0 Å². The van der Waals surface area contributed by atoms with Crippen LogP contribution in [0.25, 0.3) is 0 Å². The second-order valence-corrected chi connectivity index (χ2v) is 4.81. The molecule has 2 atom stereocenters. The van der Waals surface area contributed by atoms with Gasteiger partial charge in [0.05, 0.1) is 0 Å². The lowest BCUT2D eigenvalue weighted by Gasteiger charge is -2.25. The average molecular weight is 184 g/mol. The Kier molecular flexibility index (Phi) is 3.74. The van der Waals surface area contributed by atoms with Gasteiger partial charge < -0.3 is 0 Å². The Morgan fingerprint density at radius 3 is 2.15 bits per heavy atom. The van der Waals surface area contributed by atoms with E-state index in [0.717, 1.165) is 24.4 Å². The fraction of sp³-hybridized carbons (Fsp3) is 1.00. The maximum absolute atomic E-state index is 3.60. The Hall–Kier alpha value is -0.0800. The third-order valence-corrected chi connectivity index (χ3v) is 3.14. The zero-order chi connectivity index (χ0) is 10.0. The topological polar surface area (TPSA) is 15.3 Å². The van der Waals surface area contributed by atoms with Crippen LogP contribution in [0.1, 0.15) is 41.0 Å². The molecule has 0 bridgehead atoms. The summed E-state index contributed by atoms with van der Waals surface area (Å²) in [4.78, 5) is 0. The molecule has 0 spiro atoms. The second-order valence-electron chi connectivity index (χ2n) is 4.81. The van der Waals surface area contributed by atoms with Gasteiger partial charge in [-0.05, 0) is 18.3 Å². The lowest BCUT2D eigenvalue weighted by atomic mass is 9.94. The monoisotopic (exact) mass is 184 g/mol.